The maximum Gasteiger partial charge on any atom is 0.223 e. The molecule has 1 aliphatic heterocycles. The van der Waals surface area contributed by atoms with E-state index in [1.54, 1.807) is 0 Å². The maximum absolute atomic E-state index is 11.5. The summed E-state index contributed by atoms with van der Waals surface area (Å²) in [5.41, 5.74) is 0.179. The van der Waals surface area contributed by atoms with Gasteiger partial charge in [0.05, 0.1) is 18.8 Å². The molecule has 3 N–H and O–H groups in total. The number of nitrogens with one attached hydrogen (secondary N) is 2. The molecule has 0 aromatic heterocycles. The number of rotatable bonds is 5. The first-order valence-electron chi connectivity index (χ1n) is 7.17. The fraction of sp³-hybridized carbons (Fsp3) is 0.929. The topological polar surface area (TPSA) is 70.6 Å². The van der Waals surface area contributed by atoms with Crippen molar-refractivity contribution >= 4 is 5.91 Å². The Morgan fingerprint density at radius 2 is 2.05 bits per heavy atom. The van der Waals surface area contributed by atoms with Gasteiger partial charge in [0, 0.05) is 19.0 Å². The second-order valence-corrected chi connectivity index (χ2v) is 6.93. The van der Waals surface area contributed by atoms with Crippen LogP contribution in [0.4, 0.5) is 0 Å². The van der Waals surface area contributed by atoms with E-state index in [0.29, 0.717) is 13.2 Å². The van der Waals surface area contributed by atoms with Gasteiger partial charge in [0.1, 0.15) is 6.10 Å². The number of carbonyl (C=O) groups is 1. The molecule has 0 aromatic carbocycles. The van der Waals surface area contributed by atoms with Gasteiger partial charge in [-0.05, 0) is 18.3 Å². The van der Waals surface area contributed by atoms with E-state index in [4.69, 9.17) is 4.74 Å². The molecule has 1 amide bonds. The Bertz CT molecular complexity index is 323. The summed E-state index contributed by atoms with van der Waals surface area (Å²) in [4.78, 5) is 11.5. The lowest BCUT2D eigenvalue weighted by molar-refractivity contribution is -0.123. The summed E-state index contributed by atoms with van der Waals surface area (Å²) in [5, 5.41) is 16.4. The first kappa shape index (κ1) is 14.8. The molecular formula is C14H26N2O3. The van der Waals surface area contributed by atoms with Gasteiger partial charge in [-0.25, -0.2) is 0 Å². The fourth-order valence-corrected chi connectivity index (χ4v) is 2.17. The molecule has 0 unspecified atom stereocenters. The molecule has 1 saturated carbocycles. The molecular weight excluding hydrogens is 244 g/mol. The molecule has 5 heteroatoms. The average Bonchev–Trinajstić information content (AvgIpc) is 3.09. The van der Waals surface area contributed by atoms with Crippen LogP contribution < -0.4 is 10.6 Å². The van der Waals surface area contributed by atoms with Crippen molar-refractivity contribution in [3.8, 4) is 0 Å². The Balaban J connectivity index is 1.70. The largest absolute Gasteiger partial charge is 0.389 e. The number of aliphatic hydroxyl groups excluding tert-OH is 1. The summed E-state index contributed by atoms with van der Waals surface area (Å²) >= 11 is 0. The molecule has 1 aliphatic carbocycles. The molecule has 5 nitrogen and oxygen atoms in total. The number of hydrogen-bond acceptors (Lipinski definition) is 4. The van der Waals surface area contributed by atoms with Crippen LogP contribution >= 0.6 is 0 Å². The standard InChI is InChI=1S/C14H26N2O3/c1-14(2,3)8-16-10-7-19-11(12(10)17)6-15-13(18)9-4-5-9/h9-12,16-17H,4-8H2,1-3H3,(H,15,18)/t10-,11-,12+/m1/s1. The molecule has 1 saturated heterocycles. The van der Waals surface area contributed by atoms with Crippen LogP contribution in [0.2, 0.25) is 0 Å². The monoisotopic (exact) mass is 270 g/mol. The third kappa shape index (κ3) is 4.44. The van der Waals surface area contributed by atoms with Gasteiger partial charge in [-0.2, -0.15) is 0 Å². The van der Waals surface area contributed by atoms with Gasteiger partial charge in [0.15, 0.2) is 0 Å². The number of carbonyl (C=O) groups excluding carboxylic acids is 1. The summed E-state index contributed by atoms with van der Waals surface area (Å²) < 4.78 is 5.57. The highest BCUT2D eigenvalue weighted by Crippen LogP contribution is 2.28. The van der Waals surface area contributed by atoms with Crippen LogP contribution in [0.3, 0.4) is 0 Å². The van der Waals surface area contributed by atoms with Gasteiger partial charge in [0.2, 0.25) is 5.91 Å². The number of hydrogen-bond donors (Lipinski definition) is 3. The molecule has 0 aromatic rings. The van der Waals surface area contributed by atoms with E-state index < -0.39 is 6.10 Å². The number of aliphatic hydroxyl groups is 1. The van der Waals surface area contributed by atoms with Crippen molar-refractivity contribution in [3.05, 3.63) is 0 Å². The third-order valence-corrected chi connectivity index (χ3v) is 3.60. The Morgan fingerprint density at radius 1 is 1.37 bits per heavy atom. The van der Waals surface area contributed by atoms with Crippen molar-refractivity contribution in [1.82, 2.24) is 10.6 Å². The highest BCUT2D eigenvalue weighted by molar-refractivity contribution is 5.80. The van der Waals surface area contributed by atoms with Gasteiger partial charge < -0.3 is 20.5 Å². The lowest BCUT2D eigenvalue weighted by atomic mass is 9.96. The normalized spacial score (nSPS) is 31.5. The van der Waals surface area contributed by atoms with Crippen LogP contribution in [0, 0.1) is 11.3 Å². The molecule has 110 valence electrons. The van der Waals surface area contributed by atoms with Gasteiger partial charge in [-0.15, -0.1) is 0 Å². The minimum absolute atomic E-state index is 0.0398. The second-order valence-electron chi connectivity index (χ2n) is 6.93. The zero-order valence-corrected chi connectivity index (χ0v) is 12.1. The predicted octanol–water partition coefficient (Wildman–Crippen LogP) is 0.277. The summed E-state index contributed by atoms with van der Waals surface area (Å²) in [6.45, 7) is 8.19. The van der Waals surface area contributed by atoms with E-state index in [-0.39, 0.29) is 29.4 Å². The average molecular weight is 270 g/mol. The van der Waals surface area contributed by atoms with Crippen molar-refractivity contribution in [2.75, 3.05) is 19.7 Å². The predicted molar refractivity (Wildman–Crippen MR) is 72.7 cm³/mol. The van der Waals surface area contributed by atoms with Crippen LogP contribution in [0.15, 0.2) is 0 Å². The zero-order valence-electron chi connectivity index (χ0n) is 12.1. The fourth-order valence-electron chi connectivity index (χ4n) is 2.17. The van der Waals surface area contributed by atoms with Crippen LogP contribution in [0.5, 0.6) is 0 Å². The van der Waals surface area contributed by atoms with Gasteiger partial charge in [-0.1, -0.05) is 20.8 Å². The SMILES string of the molecule is CC(C)(C)CN[C@@H]1CO[C@H](CNC(=O)C2CC2)[C@H]1O. The molecule has 3 atom stereocenters. The van der Waals surface area contributed by atoms with E-state index in [1.165, 1.54) is 0 Å². The third-order valence-electron chi connectivity index (χ3n) is 3.60. The molecule has 1 heterocycles. The van der Waals surface area contributed by atoms with Crippen molar-refractivity contribution in [2.45, 2.75) is 51.9 Å². The van der Waals surface area contributed by atoms with E-state index in [9.17, 15) is 9.90 Å². The Kier molecular flexibility index (Phi) is 4.48. The quantitative estimate of drug-likeness (QED) is 0.671. The van der Waals surface area contributed by atoms with Crippen LogP contribution in [0.1, 0.15) is 33.6 Å². The molecule has 19 heavy (non-hydrogen) atoms. The first-order chi connectivity index (χ1) is 8.87. The molecule has 2 aliphatic rings. The highest BCUT2D eigenvalue weighted by atomic mass is 16.5. The van der Waals surface area contributed by atoms with E-state index >= 15 is 0 Å². The summed E-state index contributed by atoms with van der Waals surface area (Å²) in [6, 6.07) is -0.0398. The molecule has 0 bridgehead atoms. The minimum Gasteiger partial charge on any atom is -0.389 e. The van der Waals surface area contributed by atoms with E-state index in [1.807, 2.05) is 0 Å². The Morgan fingerprint density at radius 3 is 2.63 bits per heavy atom. The van der Waals surface area contributed by atoms with Crippen LogP contribution in [-0.4, -0.2) is 49.0 Å². The van der Waals surface area contributed by atoms with Gasteiger partial charge >= 0.3 is 0 Å². The van der Waals surface area contributed by atoms with Crippen molar-refractivity contribution in [2.24, 2.45) is 11.3 Å². The van der Waals surface area contributed by atoms with Crippen molar-refractivity contribution in [3.63, 3.8) is 0 Å². The smallest absolute Gasteiger partial charge is 0.223 e. The second kappa shape index (κ2) is 5.77. The summed E-state index contributed by atoms with van der Waals surface area (Å²) in [5.74, 6) is 0.301. The first-order valence-corrected chi connectivity index (χ1v) is 7.17. The summed E-state index contributed by atoms with van der Waals surface area (Å²) in [7, 11) is 0. The number of amides is 1. The van der Waals surface area contributed by atoms with E-state index in [0.717, 1.165) is 19.4 Å². The lowest BCUT2D eigenvalue weighted by Gasteiger charge is -2.24. The Hall–Kier alpha value is -0.650. The number of ether oxygens (including phenoxy) is 1. The molecule has 2 fully saturated rings. The van der Waals surface area contributed by atoms with Crippen LogP contribution in [-0.2, 0) is 9.53 Å². The van der Waals surface area contributed by atoms with Crippen LogP contribution in [0.25, 0.3) is 0 Å². The highest BCUT2D eigenvalue weighted by Gasteiger charge is 2.37. The lowest BCUT2D eigenvalue weighted by Crippen LogP contribution is -2.46. The van der Waals surface area contributed by atoms with E-state index in [2.05, 4.69) is 31.4 Å². The Labute approximate surface area is 115 Å². The zero-order chi connectivity index (χ0) is 14.0. The molecule has 0 spiro atoms. The molecule has 2 rings (SSSR count). The van der Waals surface area contributed by atoms with Crippen molar-refractivity contribution < 1.29 is 14.6 Å². The maximum atomic E-state index is 11.5. The molecule has 0 radical (unpaired) electrons. The minimum atomic E-state index is -0.554. The summed E-state index contributed by atoms with van der Waals surface area (Å²) in [6.07, 6.45) is 1.15. The van der Waals surface area contributed by atoms with Gasteiger partial charge in [-0.3, -0.25) is 4.79 Å². The van der Waals surface area contributed by atoms with Gasteiger partial charge in [0.25, 0.3) is 0 Å². The van der Waals surface area contributed by atoms with Crippen molar-refractivity contribution in [1.29, 1.82) is 0 Å².